The van der Waals surface area contributed by atoms with Gasteiger partial charge in [-0.1, -0.05) is 0 Å². The van der Waals surface area contributed by atoms with E-state index in [0.29, 0.717) is 10.4 Å². The van der Waals surface area contributed by atoms with Crippen molar-refractivity contribution in [1.82, 2.24) is 9.97 Å². The third-order valence-corrected chi connectivity index (χ3v) is 2.39. The highest BCUT2D eigenvalue weighted by molar-refractivity contribution is 9.10. The predicted octanol–water partition coefficient (Wildman–Crippen LogP) is 2.62. The number of anilines is 1. The molecule has 0 aliphatic carbocycles. The summed E-state index contributed by atoms with van der Waals surface area (Å²) in [5, 5.41) is 0. The van der Waals surface area contributed by atoms with Crippen LogP contribution >= 0.6 is 15.9 Å². The lowest BCUT2D eigenvalue weighted by molar-refractivity contribution is 0.412. The molecule has 0 bridgehead atoms. The third-order valence-electron chi connectivity index (χ3n) is 2.01. The first-order valence-electron chi connectivity index (χ1n) is 4.79. The molecule has 2 rings (SSSR count). The van der Waals surface area contributed by atoms with Crippen molar-refractivity contribution in [2.45, 2.75) is 0 Å². The van der Waals surface area contributed by atoms with E-state index >= 15 is 0 Å². The molecule has 1 heterocycles. The van der Waals surface area contributed by atoms with Crippen LogP contribution < -0.4 is 15.2 Å². The summed E-state index contributed by atoms with van der Waals surface area (Å²) in [5.74, 6) is 1.88. The quantitative estimate of drug-likeness (QED) is 0.942. The highest BCUT2D eigenvalue weighted by atomic mass is 79.9. The zero-order valence-corrected chi connectivity index (χ0v) is 10.6. The van der Waals surface area contributed by atoms with E-state index in [1.807, 2.05) is 0 Å². The largest absolute Gasteiger partial charge is 0.497 e. The molecule has 0 fully saturated rings. The Morgan fingerprint density at radius 2 is 1.82 bits per heavy atom. The Labute approximate surface area is 107 Å². The number of nitrogen functional groups attached to an aromatic ring is 1. The van der Waals surface area contributed by atoms with Gasteiger partial charge in [-0.05, 0) is 40.2 Å². The molecule has 1 aromatic carbocycles. The molecular formula is C11H10BrN3O2. The van der Waals surface area contributed by atoms with Gasteiger partial charge in [-0.2, -0.15) is 0 Å². The molecule has 0 saturated carbocycles. The molecule has 1 aromatic heterocycles. The van der Waals surface area contributed by atoms with E-state index in [2.05, 4.69) is 25.9 Å². The van der Waals surface area contributed by atoms with E-state index in [4.69, 9.17) is 15.2 Å². The van der Waals surface area contributed by atoms with Gasteiger partial charge in [0.15, 0.2) is 5.82 Å². The fraction of sp³-hybridized carbons (Fsp3) is 0.0909. The maximum Gasteiger partial charge on any atom is 0.263 e. The van der Waals surface area contributed by atoms with E-state index in [1.54, 1.807) is 31.4 Å². The molecule has 6 heteroatoms. The lowest BCUT2D eigenvalue weighted by Crippen LogP contribution is -1.98. The Bertz CT molecular complexity index is 517. The molecule has 0 amide bonds. The minimum Gasteiger partial charge on any atom is -0.497 e. The first-order chi connectivity index (χ1) is 8.19. The number of halogens is 1. The molecule has 88 valence electrons. The highest BCUT2D eigenvalue weighted by Crippen LogP contribution is 2.26. The standard InChI is InChI=1S/C11H10BrN3O2/c1-16-7-2-4-8(5-3-7)17-11-10(13)14-6-9(12)15-11/h2-6H,1H3,(H2,13,14). The van der Waals surface area contributed by atoms with Crippen LogP contribution in [0.1, 0.15) is 0 Å². The Balaban J connectivity index is 2.22. The highest BCUT2D eigenvalue weighted by Gasteiger charge is 2.06. The second-order valence-electron chi connectivity index (χ2n) is 3.16. The van der Waals surface area contributed by atoms with Crippen molar-refractivity contribution in [3.63, 3.8) is 0 Å². The van der Waals surface area contributed by atoms with Crippen LogP contribution in [0, 0.1) is 0 Å². The topological polar surface area (TPSA) is 70.3 Å². The molecular weight excluding hydrogens is 286 g/mol. The number of methoxy groups -OCH3 is 1. The van der Waals surface area contributed by atoms with Crippen LogP contribution in [0.25, 0.3) is 0 Å². The number of nitrogens with zero attached hydrogens (tertiary/aromatic N) is 2. The van der Waals surface area contributed by atoms with E-state index in [0.717, 1.165) is 5.75 Å². The summed E-state index contributed by atoms with van der Waals surface area (Å²) in [6.07, 6.45) is 1.51. The SMILES string of the molecule is COc1ccc(Oc2nc(Br)cnc2N)cc1. The van der Waals surface area contributed by atoms with Crippen LogP contribution in [0.3, 0.4) is 0 Å². The van der Waals surface area contributed by atoms with Crippen LogP contribution in [-0.2, 0) is 0 Å². The second kappa shape index (κ2) is 5.01. The fourth-order valence-electron chi connectivity index (χ4n) is 1.19. The Morgan fingerprint density at radius 3 is 2.47 bits per heavy atom. The summed E-state index contributed by atoms with van der Waals surface area (Å²) in [7, 11) is 1.60. The number of hydrogen-bond donors (Lipinski definition) is 1. The van der Waals surface area contributed by atoms with E-state index in [1.165, 1.54) is 6.20 Å². The molecule has 5 nitrogen and oxygen atoms in total. The Hall–Kier alpha value is -1.82. The number of ether oxygens (including phenoxy) is 2. The summed E-state index contributed by atoms with van der Waals surface area (Å²) in [6, 6.07) is 7.11. The van der Waals surface area contributed by atoms with Gasteiger partial charge in [-0.3, -0.25) is 0 Å². The maximum absolute atomic E-state index is 5.65. The lowest BCUT2D eigenvalue weighted by atomic mass is 10.3. The fourth-order valence-corrected chi connectivity index (χ4v) is 1.46. The number of nitrogens with two attached hydrogens (primary N) is 1. The molecule has 2 aromatic rings. The Kier molecular flexibility index (Phi) is 3.43. The van der Waals surface area contributed by atoms with Gasteiger partial charge in [-0.15, -0.1) is 0 Å². The van der Waals surface area contributed by atoms with Crippen LogP contribution in [0.2, 0.25) is 0 Å². The summed E-state index contributed by atoms with van der Waals surface area (Å²) in [4.78, 5) is 8.01. The number of rotatable bonds is 3. The van der Waals surface area contributed by atoms with Crippen LogP contribution in [-0.4, -0.2) is 17.1 Å². The molecule has 0 aliphatic heterocycles. The average Bonchev–Trinajstić information content (AvgIpc) is 2.35. The summed E-state index contributed by atoms with van der Waals surface area (Å²) >= 11 is 3.20. The van der Waals surface area contributed by atoms with Crippen LogP contribution in [0.4, 0.5) is 5.82 Å². The summed E-state index contributed by atoms with van der Waals surface area (Å²) < 4.78 is 11.1. The van der Waals surface area contributed by atoms with Crippen molar-refractivity contribution < 1.29 is 9.47 Å². The molecule has 17 heavy (non-hydrogen) atoms. The predicted molar refractivity (Wildman–Crippen MR) is 67.2 cm³/mol. The zero-order valence-electron chi connectivity index (χ0n) is 9.05. The number of benzene rings is 1. The third kappa shape index (κ3) is 2.85. The van der Waals surface area contributed by atoms with Gasteiger partial charge in [0.05, 0.1) is 13.3 Å². The van der Waals surface area contributed by atoms with Crippen LogP contribution in [0.5, 0.6) is 17.4 Å². The molecule has 0 aliphatic rings. The molecule has 0 saturated heterocycles. The Morgan fingerprint density at radius 1 is 1.18 bits per heavy atom. The van der Waals surface area contributed by atoms with Crippen molar-refractivity contribution in [2.75, 3.05) is 12.8 Å². The second-order valence-corrected chi connectivity index (χ2v) is 3.97. The number of hydrogen-bond acceptors (Lipinski definition) is 5. The maximum atomic E-state index is 5.65. The van der Waals surface area contributed by atoms with Crippen molar-refractivity contribution in [3.8, 4) is 17.4 Å². The lowest BCUT2D eigenvalue weighted by Gasteiger charge is -2.07. The first kappa shape index (κ1) is 11.7. The van der Waals surface area contributed by atoms with Crippen LogP contribution in [0.15, 0.2) is 35.1 Å². The smallest absolute Gasteiger partial charge is 0.263 e. The van der Waals surface area contributed by atoms with Gasteiger partial charge >= 0.3 is 0 Å². The summed E-state index contributed by atoms with van der Waals surface area (Å²) in [5.41, 5.74) is 5.65. The van der Waals surface area contributed by atoms with Gasteiger partial charge in [0, 0.05) is 0 Å². The molecule has 0 spiro atoms. The van der Waals surface area contributed by atoms with Gasteiger partial charge in [0.25, 0.3) is 5.88 Å². The normalized spacial score (nSPS) is 10.0. The first-order valence-corrected chi connectivity index (χ1v) is 5.58. The average molecular weight is 296 g/mol. The molecule has 0 radical (unpaired) electrons. The van der Waals surface area contributed by atoms with E-state index in [-0.39, 0.29) is 11.7 Å². The van der Waals surface area contributed by atoms with E-state index in [9.17, 15) is 0 Å². The van der Waals surface area contributed by atoms with Crippen molar-refractivity contribution in [3.05, 3.63) is 35.1 Å². The minimum atomic E-state index is 0.240. The van der Waals surface area contributed by atoms with Gasteiger partial charge in [0.1, 0.15) is 16.1 Å². The zero-order chi connectivity index (χ0) is 12.3. The van der Waals surface area contributed by atoms with Gasteiger partial charge < -0.3 is 15.2 Å². The summed E-state index contributed by atoms with van der Waals surface area (Å²) in [6.45, 7) is 0. The number of aromatic nitrogens is 2. The van der Waals surface area contributed by atoms with Gasteiger partial charge in [0.2, 0.25) is 0 Å². The van der Waals surface area contributed by atoms with Gasteiger partial charge in [-0.25, -0.2) is 9.97 Å². The van der Waals surface area contributed by atoms with Crippen molar-refractivity contribution >= 4 is 21.7 Å². The molecule has 0 unspecified atom stereocenters. The van der Waals surface area contributed by atoms with E-state index < -0.39 is 0 Å². The van der Waals surface area contributed by atoms with Crippen molar-refractivity contribution in [2.24, 2.45) is 0 Å². The minimum absolute atomic E-state index is 0.240. The molecule has 2 N–H and O–H groups in total. The molecule has 0 atom stereocenters. The van der Waals surface area contributed by atoms with Crippen molar-refractivity contribution in [1.29, 1.82) is 0 Å². The monoisotopic (exact) mass is 295 g/mol.